The highest BCUT2D eigenvalue weighted by Crippen LogP contribution is 2.29. The van der Waals surface area contributed by atoms with Crippen LogP contribution >= 0.6 is 0 Å². The number of nitrogens with one attached hydrogen (secondary N) is 2. The van der Waals surface area contributed by atoms with Crippen LogP contribution in [-0.2, 0) is 16.1 Å². The van der Waals surface area contributed by atoms with Crippen molar-refractivity contribution in [2.75, 3.05) is 26.7 Å². The molecule has 144 valence electrons. The highest BCUT2D eigenvalue weighted by atomic mass is 19.3. The molecular weight excluding hydrogens is 348 g/mol. The van der Waals surface area contributed by atoms with Gasteiger partial charge in [0.25, 0.3) is 5.91 Å². The van der Waals surface area contributed by atoms with Crippen molar-refractivity contribution in [2.24, 2.45) is 11.7 Å². The molecule has 1 aromatic rings. The number of quaternary nitrogens is 1. The minimum atomic E-state index is -2.93. The summed E-state index contributed by atoms with van der Waals surface area (Å²) in [5, 5.41) is 2.80. The zero-order chi connectivity index (χ0) is 19.1. The molecular formula is C17H24F2N3O4+. The van der Waals surface area contributed by atoms with Crippen molar-refractivity contribution < 1.29 is 32.7 Å². The fourth-order valence-corrected chi connectivity index (χ4v) is 2.99. The SMILES string of the molecule is COc1cc(CNC(=O)C[NH+]2CCC(C(N)=O)CC2)ccc1OC(F)F. The highest BCUT2D eigenvalue weighted by Gasteiger charge is 2.26. The number of benzene rings is 1. The Morgan fingerprint density at radius 2 is 2.00 bits per heavy atom. The largest absolute Gasteiger partial charge is 0.493 e. The number of halogens is 2. The van der Waals surface area contributed by atoms with Crippen LogP contribution in [0.15, 0.2) is 18.2 Å². The molecule has 2 rings (SSSR count). The van der Waals surface area contributed by atoms with Gasteiger partial charge in [0.05, 0.1) is 20.2 Å². The number of hydrogen-bond acceptors (Lipinski definition) is 4. The molecule has 0 radical (unpaired) electrons. The summed E-state index contributed by atoms with van der Waals surface area (Å²) < 4.78 is 34.0. The molecule has 1 saturated heterocycles. The van der Waals surface area contributed by atoms with Crippen LogP contribution < -0.4 is 25.4 Å². The van der Waals surface area contributed by atoms with Crippen LogP contribution in [0.25, 0.3) is 0 Å². The number of alkyl halides is 2. The molecule has 0 spiro atoms. The van der Waals surface area contributed by atoms with E-state index in [2.05, 4.69) is 10.1 Å². The third kappa shape index (κ3) is 5.83. The number of rotatable bonds is 8. The minimum Gasteiger partial charge on any atom is -0.493 e. The van der Waals surface area contributed by atoms with Gasteiger partial charge in [-0.2, -0.15) is 8.78 Å². The number of likely N-dealkylation sites (tertiary alicyclic amines) is 1. The van der Waals surface area contributed by atoms with Crippen molar-refractivity contribution in [1.29, 1.82) is 0 Å². The number of carbonyl (C=O) groups excluding carboxylic acids is 2. The van der Waals surface area contributed by atoms with Crippen molar-refractivity contribution in [3.8, 4) is 11.5 Å². The minimum absolute atomic E-state index is 0.0562. The quantitative estimate of drug-likeness (QED) is 0.584. The lowest BCUT2D eigenvalue weighted by atomic mass is 9.96. The fraction of sp³-hybridized carbons (Fsp3) is 0.529. The van der Waals surface area contributed by atoms with Gasteiger partial charge in [-0.15, -0.1) is 0 Å². The van der Waals surface area contributed by atoms with E-state index in [1.165, 1.54) is 13.2 Å². The van der Waals surface area contributed by atoms with Gasteiger partial charge in [0, 0.05) is 25.3 Å². The Kier molecular flexibility index (Phi) is 7.14. The second-order valence-corrected chi connectivity index (χ2v) is 6.24. The molecule has 1 aliphatic heterocycles. The van der Waals surface area contributed by atoms with Crippen LogP contribution in [0.2, 0.25) is 0 Å². The van der Waals surface area contributed by atoms with E-state index in [4.69, 9.17) is 10.5 Å². The molecule has 26 heavy (non-hydrogen) atoms. The molecule has 0 saturated carbocycles. The lowest BCUT2D eigenvalue weighted by Crippen LogP contribution is -3.14. The van der Waals surface area contributed by atoms with Crippen LogP contribution in [0.5, 0.6) is 11.5 Å². The molecule has 0 atom stereocenters. The van der Waals surface area contributed by atoms with E-state index >= 15 is 0 Å². The summed E-state index contributed by atoms with van der Waals surface area (Å²) in [7, 11) is 1.36. The summed E-state index contributed by atoms with van der Waals surface area (Å²) >= 11 is 0. The normalized spacial score (nSPS) is 19.8. The summed E-state index contributed by atoms with van der Waals surface area (Å²) in [6.45, 7) is -0.907. The lowest BCUT2D eigenvalue weighted by Gasteiger charge is -2.27. The number of nitrogens with two attached hydrogens (primary N) is 1. The molecule has 0 aliphatic carbocycles. The molecule has 4 N–H and O–H groups in total. The number of primary amides is 1. The molecule has 1 heterocycles. The van der Waals surface area contributed by atoms with E-state index in [1.807, 2.05) is 0 Å². The van der Waals surface area contributed by atoms with E-state index in [0.29, 0.717) is 24.9 Å². The van der Waals surface area contributed by atoms with Gasteiger partial charge >= 0.3 is 6.61 Å². The van der Waals surface area contributed by atoms with Gasteiger partial charge in [-0.1, -0.05) is 6.07 Å². The van der Waals surface area contributed by atoms with E-state index in [-0.39, 0.29) is 35.8 Å². The predicted octanol–water partition coefficient (Wildman–Crippen LogP) is -0.307. The Balaban J connectivity index is 1.81. The maximum atomic E-state index is 12.3. The van der Waals surface area contributed by atoms with Gasteiger partial charge < -0.3 is 25.4 Å². The maximum Gasteiger partial charge on any atom is 0.387 e. The first-order valence-electron chi connectivity index (χ1n) is 8.40. The molecule has 1 aromatic carbocycles. The van der Waals surface area contributed by atoms with Crippen LogP contribution in [0.4, 0.5) is 8.78 Å². The van der Waals surface area contributed by atoms with Gasteiger partial charge in [-0.3, -0.25) is 9.59 Å². The fourth-order valence-electron chi connectivity index (χ4n) is 2.99. The number of piperidine rings is 1. The van der Waals surface area contributed by atoms with Crippen molar-refractivity contribution in [2.45, 2.75) is 26.0 Å². The average molecular weight is 372 g/mol. The third-order valence-corrected chi connectivity index (χ3v) is 4.44. The molecule has 1 aliphatic rings. The van der Waals surface area contributed by atoms with Gasteiger partial charge in [0.1, 0.15) is 0 Å². The zero-order valence-corrected chi connectivity index (χ0v) is 14.6. The number of methoxy groups -OCH3 is 1. The monoisotopic (exact) mass is 372 g/mol. The van der Waals surface area contributed by atoms with E-state index < -0.39 is 6.61 Å². The van der Waals surface area contributed by atoms with E-state index in [0.717, 1.165) is 18.0 Å². The maximum absolute atomic E-state index is 12.3. The molecule has 9 heteroatoms. The van der Waals surface area contributed by atoms with Gasteiger partial charge in [0.15, 0.2) is 18.0 Å². The second kappa shape index (κ2) is 9.33. The summed E-state index contributed by atoms with van der Waals surface area (Å²) in [5.74, 6) is -0.370. The number of carbonyl (C=O) groups is 2. The average Bonchev–Trinajstić information content (AvgIpc) is 2.60. The second-order valence-electron chi connectivity index (χ2n) is 6.24. The van der Waals surface area contributed by atoms with Gasteiger partial charge in [0.2, 0.25) is 5.91 Å². The third-order valence-electron chi connectivity index (χ3n) is 4.44. The molecule has 0 aromatic heterocycles. The first kappa shape index (κ1) is 19.9. The number of amides is 2. The van der Waals surface area contributed by atoms with Crippen molar-refractivity contribution in [1.82, 2.24) is 5.32 Å². The van der Waals surface area contributed by atoms with Crippen molar-refractivity contribution >= 4 is 11.8 Å². The first-order valence-corrected chi connectivity index (χ1v) is 8.40. The van der Waals surface area contributed by atoms with Gasteiger partial charge in [-0.05, 0) is 17.7 Å². The standard InChI is InChI=1S/C17H23F2N3O4/c1-25-14-8-11(2-3-13(14)26-17(18)19)9-21-15(23)10-22-6-4-12(5-7-22)16(20)24/h2-3,8,12,17H,4-7,9-10H2,1H3,(H2,20,24)(H,21,23)/p+1. The molecule has 0 unspecified atom stereocenters. The number of hydrogen-bond donors (Lipinski definition) is 3. The smallest absolute Gasteiger partial charge is 0.387 e. The Morgan fingerprint density at radius 3 is 2.58 bits per heavy atom. The predicted molar refractivity (Wildman–Crippen MR) is 89.0 cm³/mol. The van der Waals surface area contributed by atoms with Gasteiger partial charge in [-0.25, -0.2) is 0 Å². The first-order chi connectivity index (χ1) is 12.4. The van der Waals surface area contributed by atoms with E-state index in [9.17, 15) is 18.4 Å². The van der Waals surface area contributed by atoms with Crippen LogP contribution in [0, 0.1) is 5.92 Å². The van der Waals surface area contributed by atoms with E-state index in [1.54, 1.807) is 12.1 Å². The Labute approximate surface area is 150 Å². The lowest BCUT2D eigenvalue weighted by molar-refractivity contribution is -0.897. The highest BCUT2D eigenvalue weighted by molar-refractivity contribution is 5.77. The Hall–Kier alpha value is -2.42. The molecule has 1 fully saturated rings. The van der Waals surface area contributed by atoms with Crippen molar-refractivity contribution in [3.05, 3.63) is 23.8 Å². The molecule has 7 nitrogen and oxygen atoms in total. The summed E-state index contributed by atoms with van der Waals surface area (Å²) in [6, 6.07) is 4.52. The Bertz CT molecular complexity index is 634. The topological polar surface area (TPSA) is 95.1 Å². The van der Waals surface area contributed by atoms with Crippen LogP contribution in [0.3, 0.4) is 0 Å². The summed E-state index contributed by atoms with van der Waals surface area (Å²) in [6.07, 6.45) is 1.39. The van der Waals surface area contributed by atoms with Crippen molar-refractivity contribution in [3.63, 3.8) is 0 Å². The molecule has 2 amide bonds. The molecule has 0 bridgehead atoms. The zero-order valence-electron chi connectivity index (χ0n) is 14.6. The summed E-state index contributed by atoms with van der Waals surface area (Å²) in [5.41, 5.74) is 6.01. The Morgan fingerprint density at radius 1 is 1.31 bits per heavy atom. The number of ether oxygens (including phenoxy) is 2. The summed E-state index contributed by atoms with van der Waals surface area (Å²) in [4.78, 5) is 24.3. The van der Waals surface area contributed by atoms with Crippen LogP contribution in [0.1, 0.15) is 18.4 Å². The van der Waals surface area contributed by atoms with Crippen LogP contribution in [-0.4, -0.2) is 45.2 Å².